The Labute approximate surface area is 273 Å². The minimum absolute atomic E-state index is 0.389. The highest BCUT2D eigenvalue weighted by Gasteiger charge is 2.35. The van der Waals surface area contributed by atoms with Gasteiger partial charge in [-0.3, -0.25) is 4.90 Å². The monoisotopic (exact) mass is 700 g/mol. The van der Waals surface area contributed by atoms with Crippen LogP contribution in [0.4, 0.5) is 28.8 Å². The number of piperidine rings is 1. The Morgan fingerprint density at radius 2 is 1.89 bits per heavy atom. The molecule has 6 rings (SSSR count). The van der Waals surface area contributed by atoms with Crippen molar-refractivity contribution >= 4 is 57.2 Å². The van der Waals surface area contributed by atoms with Crippen molar-refractivity contribution in [2.75, 3.05) is 76.2 Å². The van der Waals surface area contributed by atoms with Gasteiger partial charge in [-0.2, -0.15) is 4.98 Å². The Morgan fingerprint density at radius 1 is 1.13 bits per heavy atom. The van der Waals surface area contributed by atoms with E-state index in [9.17, 15) is 4.57 Å². The van der Waals surface area contributed by atoms with Crippen LogP contribution in [0.3, 0.4) is 0 Å². The minimum Gasteiger partial charge on any atom is -0.494 e. The topological polar surface area (TPSA) is 116 Å². The molecule has 0 amide bonds. The van der Waals surface area contributed by atoms with Gasteiger partial charge in [0.15, 0.2) is 5.75 Å². The summed E-state index contributed by atoms with van der Waals surface area (Å²) >= 11 is 3.56. The summed E-state index contributed by atoms with van der Waals surface area (Å²) in [5, 5.41) is 7.22. The highest BCUT2D eigenvalue weighted by molar-refractivity contribution is 9.10. The molecule has 2 aromatic carbocycles. The molecule has 2 saturated heterocycles. The first-order chi connectivity index (χ1) is 21.5. The second-order valence-electron chi connectivity index (χ2n) is 12.4. The summed E-state index contributed by atoms with van der Waals surface area (Å²) in [6, 6.07) is 9.17. The first kappa shape index (κ1) is 31.9. The summed E-state index contributed by atoms with van der Waals surface area (Å²) in [5.74, 6) is 2.49. The van der Waals surface area contributed by atoms with Crippen molar-refractivity contribution in [3.63, 3.8) is 0 Å². The fourth-order valence-corrected chi connectivity index (χ4v) is 7.93. The number of hydrogen-bond donors (Lipinski definition) is 3. The lowest BCUT2D eigenvalue weighted by Crippen LogP contribution is -2.62. The molecule has 0 radical (unpaired) electrons. The second kappa shape index (κ2) is 13.0. The van der Waals surface area contributed by atoms with Gasteiger partial charge in [0.2, 0.25) is 11.7 Å². The lowest BCUT2D eigenvalue weighted by molar-refractivity contribution is 0.0188. The number of ether oxygens (including phenoxy) is 1. The van der Waals surface area contributed by atoms with Gasteiger partial charge < -0.3 is 39.4 Å². The number of hydrogen-bond acceptors (Lipinski definition) is 12. The zero-order valence-corrected chi connectivity index (χ0v) is 29.2. The van der Waals surface area contributed by atoms with E-state index in [0.29, 0.717) is 50.8 Å². The normalized spacial score (nSPS) is 17.5. The standard InChI is InChI=1S/C31H42BrN8O4P/c1-7-19-14-24(27(42-4)15-25(19)39-12-10-20(11-13-39)40-17-21(18-40)38(2)3)35-31-33-16-22(32)30(36-31)34-23-8-9-26-28(44-37-43-26)29(23)45(5,6)41/h8-9,14-16,20-21,37H,7,10-13,17-18H2,1-6H3,(H2,33,34,35,36). The fraction of sp³-hybridized carbons (Fsp3) is 0.484. The van der Waals surface area contributed by atoms with Crippen LogP contribution in [-0.2, 0) is 11.0 Å². The van der Waals surface area contributed by atoms with Gasteiger partial charge in [-0.1, -0.05) is 6.92 Å². The molecule has 1 aromatic heterocycles. The van der Waals surface area contributed by atoms with Crippen LogP contribution in [0.5, 0.6) is 17.2 Å². The maximum Gasteiger partial charge on any atom is 0.229 e. The van der Waals surface area contributed by atoms with Crippen LogP contribution in [-0.4, -0.2) is 92.6 Å². The lowest BCUT2D eigenvalue weighted by atomic mass is 9.96. The van der Waals surface area contributed by atoms with Crippen LogP contribution in [0, 0.1) is 0 Å². The number of aromatic nitrogens is 2. The third kappa shape index (κ3) is 6.59. The average Bonchev–Trinajstić information content (AvgIpc) is 3.46. The Hall–Kier alpha value is -3.09. The van der Waals surface area contributed by atoms with E-state index in [4.69, 9.17) is 19.4 Å². The number of anilines is 5. The molecule has 0 spiro atoms. The summed E-state index contributed by atoms with van der Waals surface area (Å²) in [5.41, 5.74) is 6.24. The Bertz CT molecular complexity index is 1600. The number of fused-ring (bicyclic) bond motifs is 1. The van der Waals surface area contributed by atoms with Crippen LogP contribution < -0.4 is 40.9 Å². The van der Waals surface area contributed by atoms with Gasteiger partial charge in [-0.05, 0) is 86.4 Å². The molecule has 3 aromatic rings. The average molecular weight is 702 g/mol. The largest absolute Gasteiger partial charge is 0.494 e. The zero-order chi connectivity index (χ0) is 31.9. The number of aryl methyl sites for hydroxylation is 1. The first-order valence-electron chi connectivity index (χ1n) is 15.3. The highest BCUT2D eigenvalue weighted by atomic mass is 79.9. The zero-order valence-electron chi connectivity index (χ0n) is 26.7. The molecular formula is C31H42BrN8O4P. The number of benzene rings is 2. The number of halogens is 1. The van der Waals surface area contributed by atoms with E-state index in [0.717, 1.165) is 30.9 Å². The van der Waals surface area contributed by atoms with Crippen molar-refractivity contribution in [1.29, 1.82) is 0 Å². The van der Waals surface area contributed by atoms with E-state index in [2.05, 4.69) is 85.0 Å². The third-order valence-corrected chi connectivity index (χ3v) is 11.0. The van der Waals surface area contributed by atoms with Gasteiger partial charge >= 0.3 is 0 Å². The Morgan fingerprint density at radius 3 is 2.56 bits per heavy atom. The van der Waals surface area contributed by atoms with Crippen molar-refractivity contribution in [1.82, 2.24) is 25.4 Å². The van der Waals surface area contributed by atoms with E-state index in [1.807, 2.05) is 0 Å². The maximum absolute atomic E-state index is 13.3. The quantitative estimate of drug-likeness (QED) is 0.249. The molecule has 0 atom stereocenters. The van der Waals surface area contributed by atoms with Gasteiger partial charge in [0.05, 0.1) is 28.3 Å². The predicted octanol–water partition coefficient (Wildman–Crippen LogP) is 4.95. The SMILES string of the molecule is CCc1cc(Nc2ncc(Br)c(Nc3ccc4c(c3P(C)(C)=O)ONO4)n2)c(OC)cc1N1CCC(N2CC(N(C)C)C2)CC1. The Balaban J connectivity index is 1.20. The molecular weight excluding hydrogens is 659 g/mol. The smallest absolute Gasteiger partial charge is 0.229 e. The van der Waals surface area contributed by atoms with Crippen LogP contribution in [0.2, 0.25) is 0 Å². The number of likely N-dealkylation sites (tertiary alicyclic amines) is 1. The number of rotatable bonds is 10. The molecule has 0 unspecified atom stereocenters. The van der Waals surface area contributed by atoms with Gasteiger partial charge in [0.1, 0.15) is 18.7 Å². The summed E-state index contributed by atoms with van der Waals surface area (Å²) in [4.78, 5) is 27.5. The van der Waals surface area contributed by atoms with E-state index >= 15 is 0 Å². The van der Waals surface area contributed by atoms with Crippen LogP contribution in [0.25, 0.3) is 0 Å². The summed E-state index contributed by atoms with van der Waals surface area (Å²) in [7, 11) is 3.26. The Kier molecular flexibility index (Phi) is 9.18. The number of nitrogens with zero attached hydrogens (tertiary/aromatic N) is 5. The molecule has 14 heteroatoms. The van der Waals surface area contributed by atoms with E-state index in [1.165, 1.54) is 37.2 Å². The van der Waals surface area contributed by atoms with Crippen LogP contribution >= 0.6 is 23.1 Å². The second-order valence-corrected chi connectivity index (χ2v) is 16.4. The van der Waals surface area contributed by atoms with Crippen molar-refractivity contribution < 1.29 is 19.0 Å². The van der Waals surface area contributed by atoms with Crippen LogP contribution in [0.15, 0.2) is 34.9 Å². The van der Waals surface area contributed by atoms with Crippen molar-refractivity contribution in [2.24, 2.45) is 0 Å². The molecule has 3 aliphatic heterocycles. The van der Waals surface area contributed by atoms with Gasteiger partial charge in [-0.25, -0.2) is 4.98 Å². The van der Waals surface area contributed by atoms with Crippen molar-refractivity contribution in [3.8, 4) is 17.2 Å². The number of nitrogens with one attached hydrogen (secondary N) is 3. The van der Waals surface area contributed by atoms with E-state index in [-0.39, 0.29) is 0 Å². The molecule has 0 bridgehead atoms. The number of likely N-dealkylation sites (N-methyl/N-ethyl adjacent to an activating group) is 1. The summed E-state index contributed by atoms with van der Waals surface area (Å²) in [6.45, 7) is 9.97. The molecule has 3 N–H and O–H groups in total. The molecule has 0 aliphatic carbocycles. The predicted molar refractivity (Wildman–Crippen MR) is 183 cm³/mol. The third-order valence-electron chi connectivity index (χ3n) is 8.90. The first-order valence-corrected chi connectivity index (χ1v) is 18.7. The lowest BCUT2D eigenvalue weighted by Gasteiger charge is -2.49. The van der Waals surface area contributed by atoms with E-state index in [1.54, 1.807) is 38.8 Å². The van der Waals surface area contributed by atoms with Gasteiger partial charge in [0, 0.05) is 61.9 Å². The molecule has 4 heterocycles. The molecule has 3 aliphatic rings. The molecule has 242 valence electrons. The highest BCUT2D eigenvalue weighted by Crippen LogP contribution is 2.47. The molecule has 45 heavy (non-hydrogen) atoms. The summed E-state index contributed by atoms with van der Waals surface area (Å²) in [6.07, 6.45) is 4.89. The van der Waals surface area contributed by atoms with Crippen molar-refractivity contribution in [2.45, 2.75) is 38.3 Å². The summed E-state index contributed by atoms with van der Waals surface area (Å²) < 4.78 is 19.8. The van der Waals surface area contributed by atoms with E-state index < -0.39 is 7.14 Å². The molecule has 12 nitrogen and oxygen atoms in total. The number of methoxy groups -OCH3 is 1. The van der Waals surface area contributed by atoms with Crippen molar-refractivity contribution in [3.05, 3.63) is 40.5 Å². The molecule has 2 fully saturated rings. The van der Waals surface area contributed by atoms with Gasteiger partial charge in [-0.15, -0.1) is 0 Å². The molecule has 0 saturated carbocycles. The fourth-order valence-electron chi connectivity index (χ4n) is 6.28. The van der Waals surface area contributed by atoms with Gasteiger partial charge in [0.25, 0.3) is 0 Å². The minimum atomic E-state index is -2.77. The maximum atomic E-state index is 13.3. The van der Waals surface area contributed by atoms with Crippen LogP contribution in [0.1, 0.15) is 25.3 Å².